The van der Waals surface area contributed by atoms with Crippen molar-refractivity contribution in [1.29, 1.82) is 0 Å². The lowest BCUT2D eigenvalue weighted by atomic mass is 9.56. The third-order valence-corrected chi connectivity index (χ3v) is 8.78. The summed E-state index contributed by atoms with van der Waals surface area (Å²) in [5, 5.41) is 4.40. The van der Waals surface area contributed by atoms with E-state index >= 15 is 0 Å². The molecule has 2 aromatic carbocycles. The molecule has 7 rings (SSSR count). The highest BCUT2D eigenvalue weighted by Gasteiger charge is 2.52. The standard InChI is InChI=1S/C32H28ClF3N6O2/c1-2-25-28(42-16-23(33)15-38-30(42)40-25)29(43)37-14-19-3-9-26-21(11-19)6-10-27(39-26)41-17-31(18-41)12-22(13-31)20-4-7-24(8-5-20)44-32(34,35)36/h3-11,15-16,22H,2,12-14,17-18H2,1H3,(H,37,43). The number of aryl methyl sites for hydroxylation is 1. The molecule has 1 saturated carbocycles. The molecule has 1 aliphatic heterocycles. The molecule has 8 nitrogen and oxygen atoms in total. The lowest BCUT2D eigenvalue weighted by Gasteiger charge is -2.59. The Bertz CT molecular complexity index is 1880. The van der Waals surface area contributed by atoms with E-state index < -0.39 is 6.36 Å². The van der Waals surface area contributed by atoms with Crippen LogP contribution in [0, 0.1) is 5.41 Å². The first-order valence-corrected chi connectivity index (χ1v) is 14.8. The Hall–Kier alpha value is -4.38. The Kier molecular flexibility index (Phi) is 6.88. The first kappa shape index (κ1) is 28.4. The number of alkyl halides is 3. The number of nitrogens with one attached hydrogen (secondary N) is 1. The van der Waals surface area contributed by atoms with Crippen molar-refractivity contribution in [1.82, 2.24) is 24.7 Å². The van der Waals surface area contributed by atoms with Crippen LogP contribution in [0.25, 0.3) is 16.7 Å². The second-order valence-corrected chi connectivity index (χ2v) is 12.1. The van der Waals surface area contributed by atoms with Gasteiger partial charge in [0.25, 0.3) is 5.91 Å². The number of ether oxygens (including phenoxy) is 1. The van der Waals surface area contributed by atoms with E-state index in [1.807, 2.05) is 31.2 Å². The van der Waals surface area contributed by atoms with Gasteiger partial charge in [-0.15, -0.1) is 13.2 Å². The first-order chi connectivity index (χ1) is 21.1. The molecule has 2 fully saturated rings. The van der Waals surface area contributed by atoms with Crippen molar-refractivity contribution in [3.05, 3.63) is 94.5 Å². The van der Waals surface area contributed by atoms with E-state index in [0.717, 1.165) is 53.8 Å². The molecular weight excluding hydrogens is 593 g/mol. The maximum absolute atomic E-state index is 13.1. The van der Waals surface area contributed by atoms with E-state index in [1.165, 1.54) is 18.3 Å². The van der Waals surface area contributed by atoms with Gasteiger partial charge in [0.1, 0.15) is 17.3 Å². The zero-order valence-electron chi connectivity index (χ0n) is 23.7. The van der Waals surface area contributed by atoms with Crippen LogP contribution in [-0.2, 0) is 13.0 Å². The van der Waals surface area contributed by atoms with E-state index in [1.54, 1.807) is 22.7 Å². The number of anilines is 1. The highest BCUT2D eigenvalue weighted by Crippen LogP contribution is 2.56. The van der Waals surface area contributed by atoms with Crippen molar-refractivity contribution < 1.29 is 22.7 Å². The molecule has 1 amide bonds. The fourth-order valence-electron chi connectivity index (χ4n) is 6.51. The fourth-order valence-corrected chi connectivity index (χ4v) is 6.65. The molecule has 1 spiro atoms. The zero-order valence-corrected chi connectivity index (χ0v) is 24.5. The number of hydrogen-bond acceptors (Lipinski definition) is 6. The summed E-state index contributed by atoms with van der Waals surface area (Å²) < 4.78 is 42.9. The Morgan fingerprint density at radius 1 is 1.09 bits per heavy atom. The lowest BCUT2D eigenvalue weighted by molar-refractivity contribution is -0.274. The monoisotopic (exact) mass is 620 g/mol. The molecule has 44 heavy (non-hydrogen) atoms. The molecule has 0 unspecified atom stereocenters. The highest BCUT2D eigenvalue weighted by molar-refractivity contribution is 6.30. The number of fused-ring (bicyclic) bond motifs is 2. The number of pyridine rings is 1. The van der Waals surface area contributed by atoms with Crippen LogP contribution in [0.5, 0.6) is 5.75 Å². The maximum Gasteiger partial charge on any atom is 0.573 e. The molecule has 1 aliphatic carbocycles. The highest BCUT2D eigenvalue weighted by atomic mass is 35.5. The van der Waals surface area contributed by atoms with Gasteiger partial charge in [-0.3, -0.25) is 9.20 Å². The van der Waals surface area contributed by atoms with Gasteiger partial charge in [0.05, 0.1) is 22.4 Å². The number of carbonyl (C=O) groups is 1. The molecule has 3 aromatic heterocycles. The van der Waals surface area contributed by atoms with Crippen LogP contribution in [0.15, 0.2) is 67.0 Å². The predicted molar refractivity (Wildman–Crippen MR) is 160 cm³/mol. The van der Waals surface area contributed by atoms with Gasteiger partial charge in [-0.05, 0) is 72.7 Å². The van der Waals surface area contributed by atoms with E-state index in [9.17, 15) is 18.0 Å². The van der Waals surface area contributed by atoms with Crippen LogP contribution in [-0.4, -0.2) is 44.7 Å². The summed E-state index contributed by atoms with van der Waals surface area (Å²) in [4.78, 5) is 29.0. The molecule has 4 heterocycles. The van der Waals surface area contributed by atoms with Crippen LogP contribution >= 0.6 is 11.6 Å². The summed E-state index contributed by atoms with van der Waals surface area (Å²) in [7, 11) is 0. The molecule has 1 N–H and O–H groups in total. The molecule has 12 heteroatoms. The molecule has 5 aromatic rings. The Morgan fingerprint density at radius 3 is 2.59 bits per heavy atom. The van der Waals surface area contributed by atoms with Gasteiger partial charge in [0.2, 0.25) is 5.78 Å². The fraction of sp³-hybridized carbons (Fsp3) is 0.312. The van der Waals surface area contributed by atoms with Crippen molar-refractivity contribution in [3.8, 4) is 5.75 Å². The smallest absolute Gasteiger partial charge is 0.406 e. The SMILES string of the molecule is CCc1nc2ncc(Cl)cn2c1C(=O)NCc1ccc2nc(N3CC4(CC(c5ccc(OC(F)(F)F)cc5)C4)C3)ccc2c1. The average molecular weight is 621 g/mol. The minimum atomic E-state index is -4.68. The molecular formula is C32H28ClF3N6O2. The Morgan fingerprint density at radius 2 is 1.86 bits per heavy atom. The van der Waals surface area contributed by atoms with Crippen LogP contribution < -0.4 is 15.0 Å². The molecule has 0 atom stereocenters. The number of hydrogen-bond donors (Lipinski definition) is 1. The summed E-state index contributed by atoms with van der Waals surface area (Å²) in [5.74, 6) is 1.26. The molecule has 2 aliphatic rings. The number of carbonyl (C=O) groups excluding carboxylic acids is 1. The number of imidazole rings is 1. The Labute approximate surface area is 255 Å². The molecule has 0 radical (unpaired) electrons. The molecule has 226 valence electrons. The predicted octanol–water partition coefficient (Wildman–Crippen LogP) is 6.71. The van der Waals surface area contributed by atoms with Crippen LogP contribution in [0.3, 0.4) is 0 Å². The number of benzene rings is 2. The van der Waals surface area contributed by atoms with Crippen LogP contribution in [0.1, 0.15) is 53.0 Å². The molecule has 0 bridgehead atoms. The van der Waals surface area contributed by atoms with Crippen LogP contribution in [0.2, 0.25) is 5.02 Å². The van der Waals surface area contributed by atoms with Crippen molar-refractivity contribution in [3.63, 3.8) is 0 Å². The van der Waals surface area contributed by atoms with Crippen molar-refractivity contribution >= 4 is 40.0 Å². The summed E-state index contributed by atoms with van der Waals surface area (Å²) in [6.07, 6.45) is 1.07. The number of aromatic nitrogens is 4. The van der Waals surface area contributed by atoms with Gasteiger partial charge < -0.3 is 15.0 Å². The van der Waals surface area contributed by atoms with E-state index in [0.29, 0.717) is 41.1 Å². The van der Waals surface area contributed by atoms with Crippen molar-refractivity contribution in [2.45, 2.75) is 45.0 Å². The van der Waals surface area contributed by atoms with E-state index in [-0.39, 0.29) is 17.1 Å². The zero-order chi connectivity index (χ0) is 30.6. The van der Waals surface area contributed by atoms with Gasteiger partial charge >= 0.3 is 6.36 Å². The third-order valence-electron chi connectivity index (χ3n) is 8.58. The summed E-state index contributed by atoms with van der Waals surface area (Å²) in [6, 6.07) is 16.3. The lowest BCUT2D eigenvalue weighted by Crippen LogP contribution is -2.62. The number of halogens is 4. The summed E-state index contributed by atoms with van der Waals surface area (Å²) >= 11 is 6.11. The minimum absolute atomic E-state index is 0.193. The normalized spacial score (nSPS) is 16.2. The second kappa shape index (κ2) is 10.7. The number of amides is 1. The summed E-state index contributed by atoms with van der Waals surface area (Å²) in [6.45, 7) is 4.10. The topological polar surface area (TPSA) is 84.7 Å². The van der Waals surface area contributed by atoms with Crippen molar-refractivity contribution in [2.24, 2.45) is 5.41 Å². The largest absolute Gasteiger partial charge is 0.573 e. The van der Waals surface area contributed by atoms with Gasteiger partial charge in [-0.25, -0.2) is 15.0 Å². The summed E-state index contributed by atoms with van der Waals surface area (Å²) in [5.41, 5.74) is 4.19. The van der Waals surface area contributed by atoms with Gasteiger partial charge in [-0.2, -0.15) is 0 Å². The number of nitrogens with zero attached hydrogens (tertiary/aromatic N) is 5. The van der Waals surface area contributed by atoms with E-state index in [2.05, 4.69) is 31.0 Å². The maximum atomic E-state index is 13.1. The first-order valence-electron chi connectivity index (χ1n) is 14.4. The van der Waals surface area contributed by atoms with Crippen LogP contribution in [0.4, 0.5) is 19.0 Å². The van der Waals surface area contributed by atoms with Gasteiger partial charge in [-0.1, -0.05) is 36.7 Å². The van der Waals surface area contributed by atoms with Gasteiger partial charge in [0.15, 0.2) is 0 Å². The molecule has 1 saturated heterocycles. The second-order valence-electron chi connectivity index (χ2n) is 11.7. The Balaban J connectivity index is 0.957. The number of rotatable bonds is 7. The van der Waals surface area contributed by atoms with Crippen molar-refractivity contribution in [2.75, 3.05) is 18.0 Å². The quantitative estimate of drug-likeness (QED) is 0.218. The minimum Gasteiger partial charge on any atom is -0.406 e. The van der Waals surface area contributed by atoms with E-state index in [4.69, 9.17) is 16.6 Å². The third kappa shape index (κ3) is 5.40. The average Bonchev–Trinajstić information content (AvgIpc) is 3.32. The van der Waals surface area contributed by atoms with Gasteiger partial charge in [0, 0.05) is 36.6 Å².